The van der Waals surface area contributed by atoms with Crippen molar-refractivity contribution in [3.63, 3.8) is 0 Å². The molecule has 0 radical (unpaired) electrons. The Bertz CT molecular complexity index is 759. The molecule has 24 heavy (non-hydrogen) atoms. The maximum atomic E-state index is 11.2. The Morgan fingerprint density at radius 3 is 1.75 bits per heavy atom. The Balaban J connectivity index is 0.000000272. The summed E-state index contributed by atoms with van der Waals surface area (Å²) in [5.74, 6) is -0.212. The lowest BCUT2D eigenvalue weighted by Crippen LogP contribution is -2.34. The molecule has 0 aliphatic carbocycles. The first-order chi connectivity index (χ1) is 11.1. The smallest absolute Gasteiger partial charge is 0.231 e. The van der Waals surface area contributed by atoms with E-state index in [1.807, 2.05) is 0 Å². The standard InChI is InChI=1S/C8H7Br2N3O2.C4H3Br2N3/c1-4(14)13(5(2)15)8-7(10)12-6(9)3-11-8;5-2-1-8-4(7)3(6)9-2/h3H,1-2H3;1H,(H2,7,8). The molecule has 128 valence electrons. The summed E-state index contributed by atoms with van der Waals surface area (Å²) in [6.07, 6.45) is 2.96. The van der Waals surface area contributed by atoms with Gasteiger partial charge in [-0.05, 0) is 63.7 Å². The second-order valence-corrected chi connectivity index (χ2v) is 7.18. The van der Waals surface area contributed by atoms with Crippen molar-refractivity contribution >= 4 is 87.2 Å². The van der Waals surface area contributed by atoms with Gasteiger partial charge < -0.3 is 5.73 Å². The maximum absolute atomic E-state index is 11.2. The first kappa shape index (κ1) is 21.1. The van der Waals surface area contributed by atoms with Crippen molar-refractivity contribution in [3.05, 3.63) is 30.8 Å². The van der Waals surface area contributed by atoms with E-state index in [0.717, 1.165) is 4.90 Å². The minimum absolute atomic E-state index is 0.193. The number of hydrogen-bond donors (Lipinski definition) is 1. The minimum Gasteiger partial charge on any atom is -0.381 e. The number of imide groups is 1. The van der Waals surface area contributed by atoms with Crippen LogP contribution in [0.15, 0.2) is 30.8 Å². The van der Waals surface area contributed by atoms with E-state index in [2.05, 4.69) is 83.7 Å². The third-order valence-electron chi connectivity index (χ3n) is 2.25. The number of nitrogens with zero attached hydrogens (tertiary/aromatic N) is 5. The molecule has 0 fully saturated rings. The Labute approximate surface area is 171 Å². The first-order valence-electron chi connectivity index (χ1n) is 6.06. The van der Waals surface area contributed by atoms with Crippen molar-refractivity contribution in [1.82, 2.24) is 19.9 Å². The van der Waals surface area contributed by atoms with E-state index in [-0.39, 0.29) is 5.82 Å². The van der Waals surface area contributed by atoms with Crippen LogP contribution in [0.5, 0.6) is 0 Å². The Hall–Kier alpha value is -0.980. The van der Waals surface area contributed by atoms with Crippen LogP contribution in [0.3, 0.4) is 0 Å². The summed E-state index contributed by atoms with van der Waals surface area (Å²) in [6, 6.07) is 0. The van der Waals surface area contributed by atoms with Gasteiger partial charge in [0.15, 0.2) is 16.2 Å². The number of rotatable bonds is 1. The predicted octanol–water partition coefficient (Wildman–Crippen LogP) is 3.48. The number of aromatic nitrogens is 4. The molecule has 0 saturated carbocycles. The van der Waals surface area contributed by atoms with Crippen LogP contribution in [0.25, 0.3) is 0 Å². The normalized spacial score (nSPS) is 9.75. The van der Waals surface area contributed by atoms with E-state index in [1.54, 1.807) is 6.20 Å². The molecule has 2 N–H and O–H groups in total. The van der Waals surface area contributed by atoms with Crippen LogP contribution in [0, 0.1) is 0 Å². The monoisotopic (exact) mass is 586 g/mol. The summed E-state index contributed by atoms with van der Waals surface area (Å²) in [7, 11) is 0. The summed E-state index contributed by atoms with van der Waals surface area (Å²) in [4.78, 5) is 39.1. The second-order valence-electron chi connectivity index (χ2n) is 4.05. The van der Waals surface area contributed by atoms with Crippen LogP contribution in [-0.2, 0) is 9.59 Å². The van der Waals surface area contributed by atoms with E-state index < -0.39 is 11.8 Å². The van der Waals surface area contributed by atoms with E-state index in [9.17, 15) is 9.59 Å². The van der Waals surface area contributed by atoms with Gasteiger partial charge in [0.2, 0.25) is 11.8 Å². The summed E-state index contributed by atoms with van der Waals surface area (Å²) in [5, 5.41) is 0. The summed E-state index contributed by atoms with van der Waals surface area (Å²) in [5.41, 5.74) is 5.35. The van der Waals surface area contributed by atoms with Gasteiger partial charge in [0.05, 0.1) is 12.4 Å². The lowest BCUT2D eigenvalue weighted by atomic mass is 10.4. The number of carbonyl (C=O) groups is 2. The summed E-state index contributed by atoms with van der Waals surface area (Å²) >= 11 is 12.5. The van der Waals surface area contributed by atoms with Crippen molar-refractivity contribution in [2.75, 3.05) is 10.6 Å². The van der Waals surface area contributed by atoms with Gasteiger partial charge >= 0.3 is 0 Å². The number of halogens is 4. The number of carbonyl (C=O) groups excluding carboxylic acids is 2. The molecule has 0 spiro atoms. The van der Waals surface area contributed by atoms with Gasteiger partial charge in [-0.3, -0.25) is 9.59 Å². The molecule has 2 amide bonds. The average molecular weight is 590 g/mol. The van der Waals surface area contributed by atoms with Crippen molar-refractivity contribution < 1.29 is 9.59 Å². The zero-order valence-corrected chi connectivity index (χ0v) is 18.6. The number of amides is 2. The second kappa shape index (κ2) is 9.49. The number of nitrogen functional groups attached to an aromatic ring is 1. The molecule has 0 atom stereocenters. The van der Waals surface area contributed by atoms with Gasteiger partial charge in [-0.15, -0.1) is 0 Å². The third kappa shape index (κ3) is 6.15. The van der Waals surface area contributed by atoms with Gasteiger partial charge in [0.25, 0.3) is 0 Å². The molecule has 0 aliphatic rings. The molecule has 12 heteroatoms. The fraction of sp³-hybridized carbons (Fsp3) is 0.167. The van der Waals surface area contributed by atoms with Crippen molar-refractivity contribution in [2.45, 2.75) is 13.8 Å². The molecule has 0 bridgehead atoms. The Morgan fingerprint density at radius 2 is 1.38 bits per heavy atom. The van der Waals surface area contributed by atoms with Gasteiger partial charge in [0.1, 0.15) is 13.8 Å². The van der Waals surface area contributed by atoms with E-state index >= 15 is 0 Å². The molecule has 0 saturated heterocycles. The molecule has 2 aromatic heterocycles. The SMILES string of the molecule is CC(=O)N(C(C)=O)c1ncc(Br)nc1Br.Nc1ncc(Br)nc1Br. The molecule has 0 aliphatic heterocycles. The Kier molecular flexibility index (Phi) is 8.33. The van der Waals surface area contributed by atoms with Crippen LogP contribution in [0.4, 0.5) is 11.6 Å². The summed E-state index contributed by atoms with van der Waals surface area (Å²) in [6.45, 7) is 2.58. The minimum atomic E-state index is -0.403. The van der Waals surface area contributed by atoms with Crippen LogP contribution >= 0.6 is 63.7 Å². The predicted molar refractivity (Wildman–Crippen MR) is 103 cm³/mol. The average Bonchev–Trinajstić information content (AvgIpc) is 2.46. The fourth-order valence-corrected chi connectivity index (χ4v) is 3.17. The molecule has 0 aromatic carbocycles. The maximum Gasteiger partial charge on any atom is 0.231 e. The molecule has 2 heterocycles. The van der Waals surface area contributed by atoms with Crippen molar-refractivity contribution in [2.24, 2.45) is 0 Å². The van der Waals surface area contributed by atoms with Crippen LogP contribution in [0.2, 0.25) is 0 Å². The van der Waals surface area contributed by atoms with Crippen LogP contribution in [-0.4, -0.2) is 31.8 Å². The zero-order chi connectivity index (χ0) is 18.4. The first-order valence-corrected chi connectivity index (χ1v) is 9.23. The van der Waals surface area contributed by atoms with Crippen molar-refractivity contribution in [3.8, 4) is 0 Å². The highest BCUT2D eigenvalue weighted by Gasteiger charge is 2.21. The zero-order valence-electron chi connectivity index (χ0n) is 12.3. The highest BCUT2D eigenvalue weighted by atomic mass is 79.9. The molecule has 2 rings (SSSR count). The lowest BCUT2D eigenvalue weighted by molar-refractivity contribution is -0.124. The molecular weight excluding hydrogens is 580 g/mol. The van der Waals surface area contributed by atoms with Gasteiger partial charge in [-0.25, -0.2) is 24.8 Å². The van der Waals surface area contributed by atoms with Gasteiger partial charge in [-0.2, -0.15) is 0 Å². The number of anilines is 2. The number of nitrogens with two attached hydrogens (primary N) is 1. The molecule has 2 aromatic rings. The fourth-order valence-electron chi connectivity index (χ4n) is 1.37. The highest BCUT2D eigenvalue weighted by molar-refractivity contribution is 9.11. The van der Waals surface area contributed by atoms with Gasteiger partial charge in [-0.1, -0.05) is 0 Å². The molecular formula is C12H10Br4N6O2. The van der Waals surface area contributed by atoms with E-state index in [1.165, 1.54) is 20.0 Å². The third-order valence-corrected chi connectivity index (χ3v) is 4.13. The van der Waals surface area contributed by atoms with Gasteiger partial charge in [0, 0.05) is 13.8 Å². The van der Waals surface area contributed by atoms with Crippen LogP contribution in [0.1, 0.15) is 13.8 Å². The number of hydrogen-bond acceptors (Lipinski definition) is 7. The molecule has 8 nitrogen and oxygen atoms in total. The van der Waals surface area contributed by atoms with E-state index in [0.29, 0.717) is 24.2 Å². The summed E-state index contributed by atoms with van der Waals surface area (Å²) < 4.78 is 2.09. The lowest BCUT2D eigenvalue weighted by Gasteiger charge is -2.16. The quantitative estimate of drug-likeness (QED) is 0.542. The highest BCUT2D eigenvalue weighted by Crippen LogP contribution is 2.23. The Morgan fingerprint density at radius 1 is 0.917 bits per heavy atom. The van der Waals surface area contributed by atoms with Crippen molar-refractivity contribution in [1.29, 1.82) is 0 Å². The largest absolute Gasteiger partial charge is 0.381 e. The topological polar surface area (TPSA) is 115 Å². The van der Waals surface area contributed by atoms with E-state index in [4.69, 9.17) is 5.73 Å². The molecule has 0 unspecified atom stereocenters. The van der Waals surface area contributed by atoms with Crippen LogP contribution < -0.4 is 10.6 Å².